The van der Waals surface area contributed by atoms with Gasteiger partial charge in [-0.1, -0.05) is 36.4 Å². The summed E-state index contributed by atoms with van der Waals surface area (Å²) in [7, 11) is -3.50. The van der Waals surface area contributed by atoms with E-state index in [9.17, 15) is 8.42 Å². The van der Waals surface area contributed by atoms with E-state index < -0.39 is 10.0 Å². The van der Waals surface area contributed by atoms with Crippen LogP contribution in [0.25, 0.3) is 10.9 Å². The number of hydrogen-bond donors (Lipinski definition) is 2. The van der Waals surface area contributed by atoms with Crippen LogP contribution in [0.3, 0.4) is 0 Å². The first kappa shape index (κ1) is 16.4. The Balaban J connectivity index is 1.65. The first-order valence-corrected chi connectivity index (χ1v) is 10.0. The normalized spacial score (nSPS) is 16.2. The largest absolute Gasteiger partial charge is 0.358 e. The Labute approximate surface area is 148 Å². The highest BCUT2D eigenvalue weighted by Gasteiger charge is 2.47. The second-order valence-electron chi connectivity index (χ2n) is 7.04. The third-order valence-corrected chi connectivity index (χ3v) is 6.82. The molecule has 0 spiro atoms. The summed E-state index contributed by atoms with van der Waals surface area (Å²) in [5.41, 5.74) is 4.18. The van der Waals surface area contributed by atoms with Crippen LogP contribution in [-0.2, 0) is 15.4 Å². The zero-order valence-corrected chi connectivity index (χ0v) is 15.3. The van der Waals surface area contributed by atoms with Crippen molar-refractivity contribution in [3.05, 3.63) is 65.4 Å². The number of aromatic amines is 1. The maximum absolute atomic E-state index is 12.7. The lowest BCUT2D eigenvalue weighted by Gasteiger charge is -2.18. The Kier molecular flexibility index (Phi) is 3.74. The van der Waals surface area contributed by atoms with Crippen molar-refractivity contribution in [3.63, 3.8) is 0 Å². The minimum atomic E-state index is -3.50. The first-order valence-electron chi connectivity index (χ1n) is 8.56. The number of rotatable bonds is 5. The molecule has 0 bridgehead atoms. The quantitative estimate of drug-likeness (QED) is 0.732. The number of aryl methyl sites for hydroxylation is 2. The predicted molar refractivity (Wildman–Crippen MR) is 100 cm³/mol. The fourth-order valence-electron chi connectivity index (χ4n) is 3.79. The molecule has 1 fully saturated rings. The Morgan fingerprint density at radius 2 is 1.72 bits per heavy atom. The standard InChI is InChI=1S/C20H22N2O2S/c1-14-7-3-6-10-18(14)25(23,24)21-13-20(11-12-20)19-15(2)22-17-9-5-4-8-16(17)19/h3-10,21-22H,11-13H2,1-2H3. The first-order chi connectivity index (χ1) is 11.9. The molecular weight excluding hydrogens is 332 g/mol. The highest BCUT2D eigenvalue weighted by atomic mass is 32.2. The van der Waals surface area contributed by atoms with Crippen molar-refractivity contribution >= 4 is 20.9 Å². The molecule has 0 unspecified atom stereocenters. The van der Waals surface area contributed by atoms with Crippen molar-refractivity contribution in [2.24, 2.45) is 0 Å². The summed E-state index contributed by atoms with van der Waals surface area (Å²) in [5, 5.41) is 1.20. The molecule has 0 amide bonds. The molecule has 0 atom stereocenters. The van der Waals surface area contributed by atoms with Gasteiger partial charge in [0, 0.05) is 28.6 Å². The Morgan fingerprint density at radius 3 is 2.44 bits per heavy atom. The monoisotopic (exact) mass is 354 g/mol. The van der Waals surface area contributed by atoms with Crippen molar-refractivity contribution in [2.45, 2.75) is 37.0 Å². The predicted octanol–water partition coefficient (Wildman–Crippen LogP) is 3.79. The average Bonchev–Trinajstić information content (AvgIpc) is 3.28. The fraction of sp³-hybridized carbons (Fsp3) is 0.300. The van der Waals surface area contributed by atoms with Gasteiger partial charge in [-0.3, -0.25) is 0 Å². The van der Waals surface area contributed by atoms with E-state index in [2.05, 4.69) is 28.8 Å². The van der Waals surface area contributed by atoms with Gasteiger partial charge in [-0.2, -0.15) is 0 Å². The van der Waals surface area contributed by atoms with Gasteiger partial charge in [0.1, 0.15) is 0 Å². The Morgan fingerprint density at radius 1 is 1.04 bits per heavy atom. The maximum atomic E-state index is 12.7. The van der Waals surface area contributed by atoms with Crippen LogP contribution in [0.5, 0.6) is 0 Å². The second-order valence-corrected chi connectivity index (χ2v) is 8.78. The molecule has 4 rings (SSSR count). The summed E-state index contributed by atoms with van der Waals surface area (Å²) in [4.78, 5) is 3.80. The number of benzene rings is 2. The van der Waals surface area contributed by atoms with Crippen molar-refractivity contribution in [3.8, 4) is 0 Å². The van der Waals surface area contributed by atoms with Crippen LogP contribution in [0.4, 0.5) is 0 Å². The molecular formula is C20H22N2O2S. The van der Waals surface area contributed by atoms with Crippen molar-refractivity contribution in [1.29, 1.82) is 0 Å². The molecule has 1 saturated carbocycles. The van der Waals surface area contributed by atoms with Crippen molar-refractivity contribution in [2.75, 3.05) is 6.54 Å². The molecule has 4 nitrogen and oxygen atoms in total. The van der Waals surface area contributed by atoms with Crippen LogP contribution >= 0.6 is 0 Å². The zero-order chi connectivity index (χ0) is 17.7. The van der Waals surface area contributed by atoms with Crippen molar-refractivity contribution in [1.82, 2.24) is 9.71 Å². The smallest absolute Gasteiger partial charge is 0.240 e. The molecule has 2 N–H and O–H groups in total. The van der Waals surface area contributed by atoms with E-state index in [0.29, 0.717) is 11.4 Å². The molecule has 25 heavy (non-hydrogen) atoms. The molecule has 5 heteroatoms. The van der Waals surface area contributed by atoms with Crippen LogP contribution in [0.15, 0.2) is 53.4 Å². The van der Waals surface area contributed by atoms with Crippen LogP contribution in [0.1, 0.15) is 29.7 Å². The molecule has 3 aromatic rings. The fourth-order valence-corrected chi connectivity index (χ4v) is 5.17. The Hall–Kier alpha value is -2.11. The molecule has 1 aliphatic rings. The number of hydrogen-bond acceptors (Lipinski definition) is 2. The highest BCUT2D eigenvalue weighted by Crippen LogP contribution is 2.51. The lowest BCUT2D eigenvalue weighted by Crippen LogP contribution is -2.33. The van der Waals surface area contributed by atoms with E-state index in [1.54, 1.807) is 12.1 Å². The number of nitrogens with one attached hydrogen (secondary N) is 2. The molecule has 1 aliphatic carbocycles. The summed E-state index contributed by atoms with van der Waals surface area (Å²) in [6.45, 7) is 4.34. The van der Waals surface area contributed by atoms with Crippen LogP contribution < -0.4 is 4.72 Å². The Bertz CT molecular complexity index is 1050. The van der Waals surface area contributed by atoms with Crippen LogP contribution in [0.2, 0.25) is 0 Å². The van der Waals surface area contributed by atoms with Crippen LogP contribution in [-0.4, -0.2) is 19.9 Å². The van der Waals surface area contributed by atoms with Crippen molar-refractivity contribution < 1.29 is 8.42 Å². The van der Waals surface area contributed by atoms with Gasteiger partial charge in [0.25, 0.3) is 0 Å². The van der Waals surface area contributed by atoms with Gasteiger partial charge < -0.3 is 4.98 Å². The summed E-state index contributed by atoms with van der Waals surface area (Å²) in [5.74, 6) is 0. The van der Waals surface area contributed by atoms with Gasteiger partial charge in [0.2, 0.25) is 10.0 Å². The van der Waals surface area contributed by atoms with Gasteiger partial charge in [0.05, 0.1) is 4.90 Å². The number of H-pyrrole nitrogens is 1. The third-order valence-electron chi connectivity index (χ3n) is 5.26. The van der Waals surface area contributed by atoms with Gasteiger partial charge in [-0.15, -0.1) is 0 Å². The van der Waals surface area contributed by atoms with E-state index in [4.69, 9.17) is 0 Å². The maximum Gasteiger partial charge on any atom is 0.240 e. The number of aromatic nitrogens is 1. The van der Waals surface area contributed by atoms with E-state index in [0.717, 1.165) is 29.6 Å². The average molecular weight is 354 g/mol. The summed E-state index contributed by atoms with van der Waals surface area (Å²) in [6, 6.07) is 15.3. The molecule has 0 radical (unpaired) electrons. The van der Waals surface area contributed by atoms with E-state index in [1.165, 1.54) is 10.9 Å². The minimum Gasteiger partial charge on any atom is -0.358 e. The van der Waals surface area contributed by atoms with Gasteiger partial charge in [0.15, 0.2) is 0 Å². The highest BCUT2D eigenvalue weighted by molar-refractivity contribution is 7.89. The second kappa shape index (κ2) is 5.71. The summed E-state index contributed by atoms with van der Waals surface area (Å²) < 4.78 is 28.3. The van der Waals surface area contributed by atoms with Gasteiger partial charge in [-0.25, -0.2) is 13.1 Å². The molecule has 0 saturated heterocycles. The van der Waals surface area contributed by atoms with Gasteiger partial charge in [-0.05, 0) is 49.9 Å². The SMILES string of the molecule is Cc1ccccc1S(=O)(=O)NCC1(c2c(C)[nH]c3ccccc23)CC1. The van der Waals surface area contributed by atoms with E-state index >= 15 is 0 Å². The molecule has 2 aromatic carbocycles. The lowest BCUT2D eigenvalue weighted by atomic mass is 9.93. The molecule has 1 aromatic heterocycles. The van der Waals surface area contributed by atoms with E-state index in [1.807, 2.05) is 31.2 Å². The summed E-state index contributed by atoms with van der Waals surface area (Å²) in [6.07, 6.45) is 2.01. The zero-order valence-electron chi connectivity index (χ0n) is 14.5. The number of para-hydroxylation sites is 1. The molecule has 0 aliphatic heterocycles. The lowest BCUT2D eigenvalue weighted by molar-refractivity contribution is 0.566. The number of fused-ring (bicyclic) bond motifs is 1. The van der Waals surface area contributed by atoms with Gasteiger partial charge >= 0.3 is 0 Å². The summed E-state index contributed by atoms with van der Waals surface area (Å²) >= 11 is 0. The van der Waals surface area contributed by atoms with Crippen LogP contribution in [0, 0.1) is 13.8 Å². The number of sulfonamides is 1. The molecule has 1 heterocycles. The van der Waals surface area contributed by atoms with E-state index in [-0.39, 0.29) is 5.41 Å². The minimum absolute atomic E-state index is 0.0978. The third kappa shape index (κ3) is 2.77. The topological polar surface area (TPSA) is 62.0 Å². The molecule has 130 valence electrons.